The highest BCUT2D eigenvalue weighted by atomic mass is 14.0. The molecule has 0 rings (SSSR count). The molecule has 114 valence electrons. The normalized spacial score (nSPS) is 13.4. The van der Waals surface area contributed by atoms with E-state index < -0.39 is 0 Å². The molecule has 0 spiro atoms. The highest BCUT2D eigenvalue weighted by molar-refractivity contribution is 5.09. The Morgan fingerprint density at radius 1 is 0.900 bits per heavy atom. The SMILES string of the molecule is CC(C)=C/C=C/C(C)CCCC=C(C)CCC=C(C)C. The molecule has 0 bridgehead atoms. The van der Waals surface area contributed by atoms with Crippen molar-refractivity contribution in [3.8, 4) is 0 Å². The molecule has 0 radical (unpaired) electrons. The Labute approximate surface area is 127 Å². The van der Waals surface area contributed by atoms with Gasteiger partial charge in [-0.2, -0.15) is 0 Å². The van der Waals surface area contributed by atoms with E-state index in [1.165, 1.54) is 48.8 Å². The van der Waals surface area contributed by atoms with Crippen LogP contribution in [0.25, 0.3) is 0 Å². The maximum absolute atomic E-state index is 2.42. The van der Waals surface area contributed by atoms with E-state index in [1.54, 1.807) is 0 Å². The molecular weight excluding hydrogens is 240 g/mol. The van der Waals surface area contributed by atoms with E-state index >= 15 is 0 Å². The lowest BCUT2D eigenvalue weighted by molar-refractivity contribution is 0.610. The summed E-state index contributed by atoms with van der Waals surface area (Å²) in [6.45, 7) is 13.2. The largest absolute Gasteiger partial charge is 0.0856 e. The summed E-state index contributed by atoms with van der Waals surface area (Å²) < 4.78 is 0. The van der Waals surface area contributed by atoms with Crippen LogP contribution in [0.3, 0.4) is 0 Å². The highest BCUT2D eigenvalue weighted by Gasteiger charge is 1.96. The first-order chi connectivity index (χ1) is 9.41. The van der Waals surface area contributed by atoms with E-state index in [4.69, 9.17) is 0 Å². The molecule has 0 N–H and O–H groups in total. The van der Waals surface area contributed by atoms with Crippen LogP contribution >= 0.6 is 0 Å². The predicted octanol–water partition coefficient (Wildman–Crippen LogP) is 7.01. The second-order valence-electron chi connectivity index (χ2n) is 6.41. The minimum Gasteiger partial charge on any atom is -0.0856 e. The highest BCUT2D eigenvalue weighted by Crippen LogP contribution is 2.13. The summed E-state index contributed by atoms with van der Waals surface area (Å²) in [5.41, 5.74) is 4.33. The molecule has 1 atom stereocenters. The number of hydrogen-bond acceptors (Lipinski definition) is 0. The van der Waals surface area contributed by atoms with Crippen LogP contribution in [0.4, 0.5) is 0 Å². The van der Waals surface area contributed by atoms with Gasteiger partial charge in [0.25, 0.3) is 0 Å². The van der Waals surface area contributed by atoms with Crippen molar-refractivity contribution < 1.29 is 0 Å². The van der Waals surface area contributed by atoms with Crippen molar-refractivity contribution in [2.24, 2.45) is 5.92 Å². The third-order valence-electron chi connectivity index (χ3n) is 3.32. The van der Waals surface area contributed by atoms with Crippen molar-refractivity contribution in [2.75, 3.05) is 0 Å². The summed E-state index contributed by atoms with van der Waals surface area (Å²) in [5, 5.41) is 0. The summed E-state index contributed by atoms with van der Waals surface area (Å²) >= 11 is 0. The van der Waals surface area contributed by atoms with Crippen LogP contribution in [-0.2, 0) is 0 Å². The third kappa shape index (κ3) is 13.4. The topological polar surface area (TPSA) is 0 Å². The van der Waals surface area contributed by atoms with Gasteiger partial charge in [0.1, 0.15) is 0 Å². The zero-order valence-corrected chi connectivity index (χ0v) is 14.5. The van der Waals surface area contributed by atoms with Gasteiger partial charge in [0.2, 0.25) is 0 Å². The van der Waals surface area contributed by atoms with Gasteiger partial charge in [-0.1, -0.05) is 54.0 Å². The molecule has 0 nitrogen and oxygen atoms in total. The van der Waals surface area contributed by atoms with E-state index in [2.05, 4.69) is 71.9 Å². The molecule has 1 unspecified atom stereocenters. The van der Waals surface area contributed by atoms with Gasteiger partial charge in [-0.05, 0) is 72.6 Å². The summed E-state index contributed by atoms with van der Waals surface area (Å²) in [4.78, 5) is 0. The van der Waals surface area contributed by atoms with E-state index in [0.29, 0.717) is 5.92 Å². The first-order valence-electron chi connectivity index (χ1n) is 8.02. The first-order valence-corrected chi connectivity index (χ1v) is 8.02. The lowest BCUT2D eigenvalue weighted by Crippen LogP contribution is -1.89. The molecule has 0 aliphatic carbocycles. The molecular formula is C20H34. The van der Waals surface area contributed by atoms with E-state index in [9.17, 15) is 0 Å². The third-order valence-corrected chi connectivity index (χ3v) is 3.32. The van der Waals surface area contributed by atoms with Crippen molar-refractivity contribution in [3.63, 3.8) is 0 Å². The molecule has 0 amide bonds. The summed E-state index contributed by atoms with van der Waals surface area (Å²) in [6, 6.07) is 0. The Morgan fingerprint density at radius 2 is 1.60 bits per heavy atom. The van der Waals surface area contributed by atoms with Gasteiger partial charge in [0, 0.05) is 0 Å². The molecule has 0 aliphatic heterocycles. The second-order valence-corrected chi connectivity index (χ2v) is 6.41. The standard InChI is InChI=1S/C20H34/c1-17(2)11-9-15-19(5)13-7-8-14-20(6)16-10-12-18(3)4/h9,11-12,14-15,19H,7-8,10,13,16H2,1-6H3/b15-9+,20-14?. The molecule has 0 aromatic carbocycles. The van der Waals surface area contributed by atoms with Crippen molar-refractivity contribution in [3.05, 3.63) is 47.1 Å². The van der Waals surface area contributed by atoms with Gasteiger partial charge >= 0.3 is 0 Å². The Morgan fingerprint density at radius 3 is 2.20 bits per heavy atom. The van der Waals surface area contributed by atoms with Gasteiger partial charge < -0.3 is 0 Å². The zero-order chi connectivity index (χ0) is 15.4. The minimum absolute atomic E-state index is 0.685. The molecule has 0 heteroatoms. The fourth-order valence-corrected chi connectivity index (χ4v) is 2.01. The fourth-order valence-electron chi connectivity index (χ4n) is 2.01. The lowest BCUT2D eigenvalue weighted by atomic mass is 10.0. The van der Waals surface area contributed by atoms with Gasteiger partial charge in [-0.25, -0.2) is 0 Å². The van der Waals surface area contributed by atoms with Crippen LogP contribution in [0, 0.1) is 5.92 Å². The molecule has 0 aliphatic rings. The van der Waals surface area contributed by atoms with Crippen LogP contribution < -0.4 is 0 Å². The molecule has 0 aromatic heterocycles. The van der Waals surface area contributed by atoms with Crippen LogP contribution in [0.15, 0.2) is 47.1 Å². The van der Waals surface area contributed by atoms with Gasteiger partial charge in [0.05, 0.1) is 0 Å². The molecule has 0 saturated carbocycles. The molecule has 0 fully saturated rings. The Kier molecular flexibility index (Phi) is 11.1. The van der Waals surface area contributed by atoms with Crippen molar-refractivity contribution in [1.82, 2.24) is 0 Å². The van der Waals surface area contributed by atoms with E-state index in [-0.39, 0.29) is 0 Å². The second kappa shape index (κ2) is 11.8. The first kappa shape index (κ1) is 19.0. The van der Waals surface area contributed by atoms with E-state index in [0.717, 1.165) is 0 Å². The summed E-state index contributed by atoms with van der Waals surface area (Å²) in [5.74, 6) is 0.685. The van der Waals surface area contributed by atoms with Crippen molar-refractivity contribution >= 4 is 0 Å². The number of rotatable bonds is 9. The molecule has 20 heavy (non-hydrogen) atoms. The van der Waals surface area contributed by atoms with E-state index in [1.807, 2.05) is 0 Å². The number of hydrogen-bond donors (Lipinski definition) is 0. The van der Waals surface area contributed by atoms with Crippen molar-refractivity contribution in [1.29, 1.82) is 0 Å². The zero-order valence-electron chi connectivity index (χ0n) is 14.5. The fraction of sp³-hybridized carbons (Fsp3) is 0.600. The molecule has 0 aromatic rings. The Balaban J connectivity index is 3.81. The quantitative estimate of drug-likeness (QED) is 0.241. The predicted molar refractivity (Wildman–Crippen MR) is 94.0 cm³/mol. The van der Waals surface area contributed by atoms with Crippen LogP contribution in [0.2, 0.25) is 0 Å². The van der Waals surface area contributed by atoms with Crippen LogP contribution in [0.5, 0.6) is 0 Å². The lowest BCUT2D eigenvalue weighted by Gasteiger charge is -2.04. The van der Waals surface area contributed by atoms with Crippen LogP contribution in [0.1, 0.15) is 73.6 Å². The maximum Gasteiger partial charge on any atom is -0.0259 e. The van der Waals surface area contributed by atoms with Crippen molar-refractivity contribution in [2.45, 2.75) is 73.6 Å². The maximum atomic E-state index is 2.42. The smallest absolute Gasteiger partial charge is 0.0259 e. The van der Waals surface area contributed by atoms with Gasteiger partial charge in [-0.15, -0.1) is 0 Å². The minimum atomic E-state index is 0.685. The number of allylic oxidation sites excluding steroid dienone is 8. The van der Waals surface area contributed by atoms with Gasteiger partial charge in [-0.3, -0.25) is 0 Å². The summed E-state index contributed by atoms with van der Waals surface area (Å²) in [7, 11) is 0. The monoisotopic (exact) mass is 274 g/mol. The molecule has 0 heterocycles. The van der Waals surface area contributed by atoms with Gasteiger partial charge in [0.15, 0.2) is 0 Å². The summed E-state index contributed by atoms with van der Waals surface area (Å²) in [6.07, 6.45) is 17.6. The Hall–Kier alpha value is -1.04. The van der Waals surface area contributed by atoms with Crippen LogP contribution in [-0.4, -0.2) is 0 Å². The average Bonchev–Trinajstić information content (AvgIpc) is 2.33. The molecule has 0 saturated heterocycles. The Bertz CT molecular complexity index is 355. The number of unbranched alkanes of at least 4 members (excludes halogenated alkanes) is 1. The average molecular weight is 274 g/mol.